The van der Waals surface area contributed by atoms with Crippen molar-refractivity contribution in [2.75, 3.05) is 26.2 Å². The highest BCUT2D eigenvalue weighted by Gasteiger charge is 2.36. The summed E-state index contributed by atoms with van der Waals surface area (Å²) in [5.74, 6) is 0.119. The molecule has 0 aliphatic carbocycles. The summed E-state index contributed by atoms with van der Waals surface area (Å²) in [6.45, 7) is 10.9. The highest BCUT2D eigenvalue weighted by Crippen LogP contribution is 2.29. The Bertz CT molecular complexity index is 338. The van der Waals surface area contributed by atoms with Crippen LogP contribution in [0.1, 0.15) is 47.0 Å². The molecule has 1 aliphatic rings. The number of nitrogens with zero attached hydrogens (tertiary/aromatic N) is 1. The summed E-state index contributed by atoms with van der Waals surface area (Å²) in [6, 6.07) is -0.153. The number of nitrogens with one attached hydrogen (secondary N) is 2. The second kappa shape index (κ2) is 7.62. The van der Waals surface area contributed by atoms with Gasteiger partial charge in [0, 0.05) is 26.1 Å². The minimum Gasteiger partial charge on any atom is -0.354 e. The molecule has 1 aliphatic heterocycles. The van der Waals surface area contributed by atoms with Crippen molar-refractivity contribution >= 4 is 11.8 Å². The van der Waals surface area contributed by atoms with Crippen LogP contribution in [0.25, 0.3) is 0 Å². The molecule has 116 valence electrons. The number of carbonyl (C=O) groups excluding carboxylic acids is 2. The zero-order chi connectivity index (χ0) is 15.2. The zero-order valence-electron chi connectivity index (χ0n) is 13.3. The number of amides is 2. The van der Waals surface area contributed by atoms with Crippen LogP contribution in [0.4, 0.5) is 0 Å². The number of hydrogen-bond acceptors (Lipinski definition) is 3. The molecule has 20 heavy (non-hydrogen) atoms. The molecule has 5 nitrogen and oxygen atoms in total. The largest absolute Gasteiger partial charge is 0.354 e. The van der Waals surface area contributed by atoms with E-state index in [-0.39, 0.29) is 23.3 Å². The third-order valence-electron chi connectivity index (χ3n) is 4.14. The Kier molecular flexibility index (Phi) is 6.46. The van der Waals surface area contributed by atoms with Gasteiger partial charge in [0.15, 0.2) is 0 Å². The van der Waals surface area contributed by atoms with E-state index in [1.54, 1.807) is 4.90 Å². The van der Waals surface area contributed by atoms with Crippen molar-refractivity contribution in [1.82, 2.24) is 15.5 Å². The van der Waals surface area contributed by atoms with Crippen LogP contribution in [0.2, 0.25) is 0 Å². The average Bonchev–Trinajstić information content (AvgIpc) is 2.39. The number of rotatable bonds is 6. The van der Waals surface area contributed by atoms with Crippen molar-refractivity contribution in [2.45, 2.75) is 53.0 Å². The van der Waals surface area contributed by atoms with E-state index in [2.05, 4.69) is 24.5 Å². The predicted molar refractivity (Wildman–Crippen MR) is 80.4 cm³/mol. The van der Waals surface area contributed by atoms with Crippen LogP contribution >= 0.6 is 0 Å². The second-order valence-corrected chi connectivity index (χ2v) is 6.09. The lowest BCUT2D eigenvalue weighted by molar-refractivity contribution is -0.131. The maximum atomic E-state index is 12.2. The number of hydrogen-bond donors (Lipinski definition) is 2. The summed E-state index contributed by atoms with van der Waals surface area (Å²) in [5.41, 5.74) is -0.0226. The van der Waals surface area contributed by atoms with E-state index in [4.69, 9.17) is 0 Å². The van der Waals surface area contributed by atoms with E-state index < -0.39 is 0 Å². The first-order valence-electron chi connectivity index (χ1n) is 7.71. The molecule has 0 saturated carbocycles. The van der Waals surface area contributed by atoms with Gasteiger partial charge in [-0.1, -0.05) is 13.8 Å². The minimum absolute atomic E-state index is 0.0158. The van der Waals surface area contributed by atoms with Crippen molar-refractivity contribution in [1.29, 1.82) is 0 Å². The zero-order valence-corrected chi connectivity index (χ0v) is 13.3. The molecular weight excluding hydrogens is 254 g/mol. The van der Waals surface area contributed by atoms with E-state index in [0.717, 1.165) is 32.5 Å². The van der Waals surface area contributed by atoms with Crippen LogP contribution in [0.3, 0.4) is 0 Å². The standard InChI is InChI=1S/C15H29N3O2/c1-5-18(6-2)12(19)8-11-17-14(20)13-15(3,4)9-7-10-16-13/h13,16H,5-11H2,1-4H3,(H,17,20). The molecule has 1 rings (SSSR count). The topological polar surface area (TPSA) is 61.4 Å². The van der Waals surface area contributed by atoms with E-state index in [1.165, 1.54) is 0 Å². The second-order valence-electron chi connectivity index (χ2n) is 6.09. The third-order valence-corrected chi connectivity index (χ3v) is 4.14. The molecular formula is C15H29N3O2. The molecule has 0 radical (unpaired) electrons. The van der Waals surface area contributed by atoms with Crippen LogP contribution in [-0.2, 0) is 9.59 Å². The average molecular weight is 283 g/mol. The summed E-state index contributed by atoms with van der Waals surface area (Å²) >= 11 is 0. The van der Waals surface area contributed by atoms with Gasteiger partial charge in [-0.05, 0) is 38.6 Å². The summed E-state index contributed by atoms with van der Waals surface area (Å²) in [6.07, 6.45) is 2.54. The molecule has 0 bridgehead atoms. The first-order chi connectivity index (χ1) is 9.42. The van der Waals surface area contributed by atoms with Crippen LogP contribution in [0.15, 0.2) is 0 Å². The minimum atomic E-state index is -0.153. The van der Waals surface area contributed by atoms with Gasteiger partial charge in [-0.15, -0.1) is 0 Å². The summed E-state index contributed by atoms with van der Waals surface area (Å²) in [5, 5.41) is 6.18. The van der Waals surface area contributed by atoms with Gasteiger partial charge in [0.2, 0.25) is 11.8 Å². The van der Waals surface area contributed by atoms with Crippen LogP contribution in [-0.4, -0.2) is 48.9 Å². The van der Waals surface area contributed by atoms with E-state index in [1.807, 2.05) is 13.8 Å². The maximum absolute atomic E-state index is 12.2. The van der Waals surface area contributed by atoms with Crippen molar-refractivity contribution in [3.8, 4) is 0 Å². The molecule has 2 amide bonds. The smallest absolute Gasteiger partial charge is 0.237 e. The fourth-order valence-corrected chi connectivity index (χ4v) is 2.79. The molecule has 2 N–H and O–H groups in total. The molecule has 0 spiro atoms. The van der Waals surface area contributed by atoms with E-state index >= 15 is 0 Å². The Morgan fingerprint density at radius 1 is 1.30 bits per heavy atom. The Labute approximate surface area is 122 Å². The Morgan fingerprint density at radius 3 is 2.50 bits per heavy atom. The Balaban J connectivity index is 2.38. The first-order valence-corrected chi connectivity index (χ1v) is 7.71. The van der Waals surface area contributed by atoms with Gasteiger partial charge >= 0.3 is 0 Å². The molecule has 0 aromatic heterocycles. The fourth-order valence-electron chi connectivity index (χ4n) is 2.79. The van der Waals surface area contributed by atoms with Crippen molar-refractivity contribution in [3.05, 3.63) is 0 Å². The van der Waals surface area contributed by atoms with Crippen molar-refractivity contribution in [2.24, 2.45) is 5.41 Å². The number of carbonyl (C=O) groups is 2. The molecule has 1 fully saturated rings. The summed E-state index contributed by atoms with van der Waals surface area (Å²) in [4.78, 5) is 25.8. The van der Waals surface area contributed by atoms with E-state index in [9.17, 15) is 9.59 Å². The monoisotopic (exact) mass is 283 g/mol. The van der Waals surface area contributed by atoms with Gasteiger partial charge in [-0.25, -0.2) is 0 Å². The highest BCUT2D eigenvalue weighted by atomic mass is 16.2. The van der Waals surface area contributed by atoms with Gasteiger partial charge in [-0.3, -0.25) is 9.59 Å². The van der Waals surface area contributed by atoms with Crippen LogP contribution < -0.4 is 10.6 Å². The molecule has 1 unspecified atom stereocenters. The van der Waals surface area contributed by atoms with Crippen molar-refractivity contribution < 1.29 is 9.59 Å². The summed E-state index contributed by atoms with van der Waals surface area (Å²) < 4.78 is 0. The molecule has 1 heterocycles. The highest BCUT2D eigenvalue weighted by molar-refractivity contribution is 5.83. The van der Waals surface area contributed by atoms with Crippen LogP contribution in [0.5, 0.6) is 0 Å². The summed E-state index contributed by atoms with van der Waals surface area (Å²) in [7, 11) is 0. The lowest BCUT2D eigenvalue weighted by Crippen LogP contribution is -2.55. The normalized spacial score (nSPS) is 21.3. The molecule has 1 atom stereocenters. The Morgan fingerprint density at radius 2 is 1.95 bits per heavy atom. The molecule has 5 heteroatoms. The maximum Gasteiger partial charge on any atom is 0.237 e. The molecule has 0 aromatic carbocycles. The van der Waals surface area contributed by atoms with Gasteiger partial charge in [0.1, 0.15) is 0 Å². The molecule has 0 aromatic rings. The number of piperidine rings is 1. The third kappa shape index (κ3) is 4.47. The van der Waals surface area contributed by atoms with Gasteiger partial charge in [0.25, 0.3) is 0 Å². The predicted octanol–water partition coefficient (Wildman–Crippen LogP) is 1.14. The van der Waals surface area contributed by atoms with Crippen LogP contribution in [0, 0.1) is 5.41 Å². The van der Waals surface area contributed by atoms with Gasteiger partial charge < -0.3 is 15.5 Å². The lowest BCUT2D eigenvalue weighted by atomic mass is 9.77. The first kappa shape index (κ1) is 17.0. The Hall–Kier alpha value is -1.10. The van der Waals surface area contributed by atoms with Gasteiger partial charge in [-0.2, -0.15) is 0 Å². The SMILES string of the molecule is CCN(CC)C(=O)CCNC(=O)C1NCCCC1(C)C. The van der Waals surface area contributed by atoms with Gasteiger partial charge in [0.05, 0.1) is 6.04 Å². The van der Waals surface area contributed by atoms with Crippen molar-refractivity contribution in [3.63, 3.8) is 0 Å². The fraction of sp³-hybridized carbons (Fsp3) is 0.867. The molecule has 1 saturated heterocycles. The lowest BCUT2D eigenvalue weighted by Gasteiger charge is -2.38. The van der Waals surface area contributed by atoms with E-state index in [0.29, 0.717) is 13.0 Å². The quantitative estimate of drug-likeness (QED) is 0.768.